The number of hydrogen-bond donors (Lipinski definition) is 3. The van der Waals surface area contributed by atoms with E-state index in [1.165, 1.54) is 5.56 Å². The van der Waals surface area contributed by atoms with Gasteiger partial charge in [0.25, 0.3) is 0 Å². The number of benzene rings is 2. The van der Waals surface area contributed by atoms with E-state index in [0.717, 1.165) is 50.8 Å². The zero-order valence-electron chi connectivity index (χ0n) is 19.1. The van der Waals surface area contributed by atoms with Crippen molar-refractivity contribution in [2.45, 2.75) is 51.0 Å². The van der Waals surface area contributed by atoms with Gasteiger partial charge in [0.2, 0.25) is 0 Å². The maximum atomic E-state index is 11.8. The second-order valence-corrected chi connectivity index (χ2v) is 8.77. The number of anilines is 1. The molecule has 1 atom stereocenters. The third-order valence-corrected chi connectivity index (χ3v) is 5.97. The number of nitrogens with two attached hydrogens (primary N) is 1. The van der Waals surface area contributed by atoms with E-state index in [9.17, 15) is 9.90 Å². The molecule has 0 aliphatic rings. The third kappa shape index (κ3) is 10.2. The van der Waals surface area contributed by atoms with Crippen molar-refractivity contribution in [3.05, 3.63) is 57.6 Å². The van der Waals surface area contributed by atoms with Gasteiger partial charge in [-0.15, -0.1) is 0 Å². The van der Waals surface area contributed by atoms with E-state index < -0.39 is 6.10 Å². The molecule has 0 aliphatic carbocycles. The number of unbranched alkanes of at least 4 members (excludes halogenated alkanes) is 3. The summed E-state index contributed by atoms with van der Waals surface area (Å²) in [6, 6.07) is 11.2. The van der Waals surface area contributed by atoms with E-state index >= 15 is 0 Å². The third-order valence-electron chi connectivity index (χ3n) is 5.34. The lowest BCUT2D eigenvalue weighted by atomic mass is 10.1. The van der Waals surface area contributed by atoms with Crippen LogP contribution in [0.4, 0.5) is 5.69 Å². The van der Waals surface area contributed by atoms with Gasteiger partial charge in [-0.05, 0) is 67.6 Å². The summed E-state index contributed by atoms with van der Waals surface area (Å²) in [6.07, 6.45) is 5.20. The summed E-state index contributed by atoms with van der Waals surface area (Å²) >= 11 is 12.0. The van der Waals surface area contributed by atoms with Gasteiger partial charge in [0.1, 0.15) is 5.75 Å². The van der Waals surface area contributed by atoms with Gasteiger partial charge in [-0.1, -0.05) is 48.2 Å². The van der Waals surface area contributed by atoms with Crippen LogP contribution in [0.25, 0.3) is 0 Å². The van der Waals surface area contributed by atoms with Crippen molar-refractivity contribution in [3.8, 4) is 5.75 Å². The average molecular weight is 497 g/mol. The van der Waals surface area contributed by atoms with Gasteiger partial charge in [-0.2, -0.15) is 0 Å². The minimum atomic E-state index is -0.704. The lowest BCUT2D eigenvalue weighted by molar-refractivity contribution is -0.143. The number of aliphatic hydroxyl groups excluding tert-OH is 1. The van der Waals surface area contributed by atoms with Crippen molar-refractivity contribution in [2.24, 2.45) is 0 Å². The highest BCUT2D eigenvalue weighted by Crippen LogP contribution is 2.31. The molecule has 6 nitrogen and oxygen atoms in total. The van der Waals surface area contributed by atoms with Crippen molar-refractivity contribution in [1.29, 1.82) is 0 Å². The summed E-state index contributed by atoms with van der Waals surface area (Å²) in [5.74, 6) is 0.697. The van der Waals surface area contributed by atoms with Crippen LogP contribution in [0, 0.1) is 0 Å². The number of aliphatic hydroxyl groups is 1. The van der Waals surface area contributed by atoms with E-state index in [-0.39, 0.29) is 5.97 Å². The molecule has 2 rings (SSSR count). The zero-order chi connectivity index (χ0) is 24.1. The first-order chi connectivity index (χ1) is 15.9. The number of nitrogen functional groups attached to an aromatic ring is 1. The number of esters is 1. The Morgan fingerprint density at radius 3 is 2.39 bits per heavy atom. The van der Waals surface area contributed by atoms with E-state index in [1.54, 1.807) is 19.2 Å². The molecule has 182 valence electrons. The molecule has 0 saturated heterocycles. The maximum Gasteiger partial charge on any atom is 0.305 e. The van der Waals surface area contributed by atoms with Gasteiger partial charge in [0, 0.05) is 13.0 Å². The van der Waals surface area contributed by atoms with Crippen LogP contribution in [0.1, 0.15) is 55.8 Å². The standard InChI is InChI=1S/C25H34Cl2N2O4/c1-32-20-11-9-18(10-12-20)7-6-8-24(31)33-14-5-3-2-4-13-29-17-23(30)19-15-21(26)25(28)22(27)16-19/h9-12,15-16,23,29-30H,2-8,13-14,17,28H2,1H3. The summed E-state index contributed by atoms with van der Waals surface area (Å²) in [7, 11) is 1.64. The Bertz CT molecular complexity index is 839. The van der Waals surface area contributed by atoms with Gasteiger partial charge in [-0.3, -0.25) is 4.79 Å². The number of nitrogens with one attached hydrogen (secondary N) is 1. The van der Waals surface area contributed by atoms with Crippen molar-refractivity contribution in [3.63, 3.8) is 0 Å². The van der Waals surface area contributed by atoms with Crippen LogP contribution in [0.5, 0.6) is 5.75 Å². The number of hydrogen-bond acceptors (Lipinski definition) is 6. The lowest BCUT2D eigenvalue weighted by Crippen LogP contribution is -2.22. The molecule has 4 N–H and O–H groups in total. The summed E-state index contributed by atoms with van der Waals surface area (Å²) < 4.78 is 10.5. The summed E-state index contributed by atoms with van der Waals surface area (Å²) in [6.45, 7) is 1.66. The maximum absolute atomic E-state index is 11.8. The number of methoxy groups -OCH3 is 1. The number of halogens is 2. The molecular weight excluding hydrogens is 463 g/mol. The molecule has 0 fully saturated rings. The molecule has 0 heterocycles. The number of carbonyl (C=O) groups excluding carboxylic acids is 1. The first kappa shape index (κ1) is 27.3. The molecule has 0 aromatic heterocycles. The van der Waals surface area contributed by atoms with Gasteiger partial charge < -0.3 is 25.6 Å². The molecule has 2 aromatic carbocycles. The Morgan fingerprint density at radius 2 is 1.73 bits per heavy atom. The largest absolute Gasteiger partial charge is 0.497 e. The Kier molecular flexibility index (Phi) is 12.4. The van der Waals surface area contributed by atoms with Crippen molar-refractivity contribution in [1.82, 2.24) is 5.32 Å². The van der Waals surface area contributed by atoms with Gasteiger partial charge in [0.05, 0.1) is 35.6 Å². The molecule has 0 amide bonds. The monoisotopic (exact) mass is 496 g/mol. The van der Waals surface area contributed by atoms with Gasteiger partial charge in [0.15, 0.2) is 0 Å². The van der Waals surface area contributed by atoms with E-state index in [1.807, 2.05) is 24.3 Å². The molecule has 0 spiro atoms. The molecule has 0 saturated carbocycles. The molecule has 0 aliphatic heterocycles. The normalized spacial score (nSPS) is 11.9. The van der Waals surface area contributed by atoms with Crippen LogP contribution in [0.2, 0.25) is 10.0 Å². The lowest BCUT2D eigenvalue weighted by Gasteiger charge is -2.14. The number of ether oxygens (including phenoxy) is 2. The topological polar surface area (TPSA) is 93.8 Å². The highest BCUT2D eigenvalue weighted by molar-refractivity contribution is 6.38. The highest BCUT2D eigenvalue weighted by atomic mass is 35.5. The second-order valence-electron chi connectivity index (χ2n) is 7.95. The molecule has 33 heavy (non-hydrogen) atoms. The summed E-state index contributed by atoms with van der Waals surface area (Å²) in [4.78, 5) is 11.8. The minimum absolute atomic E-state index is 0.137. The summed E-state index contributed by atoms with van der Waals surface area (Å²) in [5.41, 5.74) is 7.86. The molecular formula is C25H34Cl2N2O4. The minimum Gasteiger partial charge on any atom is -0.497 e. The van der Waals surface area contributed by atoms with Crippen molar-refractivity contribution >= 4 is 34.9 Å². The van der Waals surface area contributed by atoms with E-state index in [0.29, 0.717) is 40.9 Å². The number of rotatable bonds is 15. The fraction of sp³-hybridized carbons (Fsp3) is 0.480. The zero-order valence-corrected chi connectivity index (χ0v) is 20.6. The Hall–Kier alpha value is -1.99. The van der Waals surface area contributed by atoms with E-state index in [4.69, 9.17) is 38.4 Å². The van der Waals surface area contributed by atoms with Crippen molar-refractivity contribution in [2.75, 3.05) is 32.5 Å². The Morgan fingerprint density at radius 1 is 1.06 bits per heavy atom. The molecule has 1 unspecified atom stereocenters. The quantitative estimate of drug-likeness (QED) is 0.175. The SMILES string of the molecule is COc1ccc(CCCC(=O)OCCCCCCNCC(O)c2cc(Cl)c(N)c(Cl)c2)cc1. The fourth-order valence-electron chi connectivity index (χ4n) is 3.35. The average Bonchev–Trinajstić information content (AvgIpc) is 2.81. The molecule has 2 aromatic rings. The molecule has 0 radical (unpaired) electrons. The Balaban J connectivity index is 1.45. The van der Waals surface area contributed by atoms with Crippen molar-refractivity contribution < 1.29 is 19.4 Å². The van der Waals surface area contributed by atoms with Crippen LogP contribution in [-0.4, -0.2) is 37.9 Å². The van der Waals surface area contributed by atoms with Crippen LogP contribution in [-0.2, 0) is 16.0 Å². The second kappa shape index (κ2) is 15.0. The first-order valence-electron chi connectivity index (χ1n) is 11.3. The fourth-order valence-corrected chi connectivity index (χ4v) is 3.85. The van der Waals surface area contributed by atoms with Crippen LogP contribution in [0.15, 0.2) is 36.4 Å². The Labute approximate surface area is 206 Å². The predicted molar refractivity (Wildman–Crippen MR) is 134 cm³/mol. The van der Waals surface area contributed by atoms with E-state index in [2.05, 4.69) is 5.32 Å². The van der Waals surface area contributed by atoms with Crippen LogP contribution >= 0.6 is 23.2 Å². The number of carbonyl (C=O) groups is 1. The first-order valence-corrected chi connectivity index (χ1v) is 12.1. The molecule has 8 heteroatoms. The molecule has 0 bridgehead atoms. The number of aryl methyl sites for hydroxylation is 1. The smallest absolute Gasteiger partial charge is 0.305 e. The highest BCUT2D eigenvalue weighted by Gasteiger charge is 2.12. The van der Waals surface area contributed by atoms with Crippen LogP contribution < -0.4 is 15.8 Å². The van der Waals surface area contributed by atoms with Crippen LogP contribution in [0.3, 0.4) is 0 Å². The summed E-state index contributed by atoms with van der Waals surface area (Å²) in [5, 5.41) is 14.2. The predicted octanol–water partition coefficient (Wildman–Crippen LogP) is 5.33. The van der Waals surface area contributed by atoms with Gasteiger partial charge >= 0.3 is 5.97 Å². The van der Waals surface area contributed by atoms with Gasteiger partial charge in [-0.25, -0.2) is 0 Å².